The van der Waals surface area contributed by atoms with E-state index in [9.17, 15) is 4.79 Å². The van der Waals surface area contributed by atoms with E-state index < -0.39 is 0 Å². The van der Waals surface area contributed by atoms with Crippen LogP contribution in [0.1, 0.15) is 12.5 Å². The highest BCUT2D eigenvalue weighted by Crippen LogP contribution is 2.39. The minimum atomic E-state index is -0.0655. The Labute approximate surface area is 168 Å². The van der Waals surface area contributed by atoms with Crippen molar-refractivity contribution < 1.29 is 9.53 Å². The van der Waals surface area contributed by atoms with Gasteiger partial charge in [-0.1, -0.05) is 66.4 Å². The number of anilines is 1. The molecule has 4 nitrogen and oxygen atoms in total. The van der Waals surface area contributed by atoms with E-state index in [1.807, 2.05) is 60.7 Å². The smallest absolute Gasteiger partial charge is 0.266 e. The van der Waals surface area contributed by atoms with Gasteiger partial charge in [0, 0.05) is 12.6 Å². The lowest BCUT2D eigenvalue weighted by atomic mass is 10.2. The van der Waals surface area contributed by atoms with Crippen molar-refractivity contribution in [2.24, 2.45) is 0 Å². The van der Waals surface area contributed by atoms with Crippen molar-refractivity contribution in [3.63, 3.8) is 0 Å². The van der Waals surface area contributed by atoms with Crippen molar-refractivity contribution in [3.8, 4) is 5.75 Å². The third-order valence-corrected chi connectivity index (χ3v) is 5.78. The second-order valence-corrected chi connectivity index (χ2v) is 7.77. The number of thiocarbonyl (C=S) groups is 1. The molecule has 1 saturated heterocycles. The van der Waals surface area contributed by atoms with Crippen LogP contribution in [0.2, 0.25) is 0 Å². The van der Waals surface area contributed by atoms with Crippen LogP contribution < -0.4 is 9.64 Å². The molecule has 4 rings (SSSR count). The van der Waals surface area contributed by atoms with Gasteiger partial charge in [-0.25, -0.2) is 0 Å². The van der Waals surface area contributed by atoms with E-state index in [1.54, 1.807) is 11.0 Å². The van der Waals surface area contributed by atoms with E-state index >= 15 is 0 Å². The lowest BCUT2D eigenvalue weighted by Crippen LogP contribution is -2.27. The zero-order valence-electron chi connectivity index (χ0n) is 14.8. The second kappa shape index (κ2) is 7.58. The molecule has 0 N–H and O–H groups in total. The topological polar surface area (TPSA) is 32.8 Å². The van der Waals surface area contributed by atoms with E-state index in [0.717, 1.165) is 23.5 Å². The predicted octanol–water partition coefficient (Wildman–Crippen LogP) is 4.69. The molecule has 0 radical (unpaired) electrons. The number of fused-ring (bicyclic) bond motifs is 1. The summed E-state index contributed by atoms with van der Waals surface area (Å²) >= 11 is 6.74. The summed E-state index contributed by atoms with van der Waals surface area (Å²) < 4.78 is 6.51. The van der Waals surface area contributed by atoms with Crippen molar-refractivity contribution in [2.45, 2.75) is 13.5 Å². The Morgan fingerprint density at radius 1 is 1.04 bits per heavy atom. The molecule has 1 amide bonds. The molecule has 0 spiro atoms. The number of hydrogen-bond donors (Lipinski definition) is 0. The molecule has 0 aliphatic carbocycles. The van der Waals surface area contributed by atoms with Crippen molar-refractivity contribution in [1.29, 1.82) is 0 Å². The number of para-hydroxylation sites is 2. The van der Waals surface area contributed by atoms with Gasteiger partial charge in [0.05, 0.1) is 17.1 Å². The quantitative estimate of drug-likeness (QED) is 0.555. The predicted molar refractivity (Wildman–Crippen MR) is 113 cm³/mol. The van der Waals surface area contributed by atoms with Crippen molar-refractivity contribution >= 4 is 39.9 Å². The van der Waals surface area contributed by atoms with E-state index in [0.29, 0.717) is 21.7 Å². The summed E-state index contributed by atoms with van der Waals surface area (Å²) in [6.45, 7) is 3.34. The summed E-state index contributed by atoms with van der Waals surface area (Å²) in [6.07, 6.45) is 3.65. The van der Waals surface area contributed by atoms with Crippen LogP contribution in [0.25, 0.3) is 0 Å². The number of thioether (sulfide) groups is 1. The maximum absolute atomic E-state index is 12.8. The molecule has 2 aliphatic rings. The van der Waals surface area contributed by atoms with Gasteiger partial charge in [-0.05, 0) is 30.7 Å². The SMILES string of the molecule is CCN1C(=CC=C2SC(=S)N(Cc3ccccc3)C2=O)Oc2ccccc21. The van der Waals surface area contributed by atoms with Crippen LogP contribution in [0.15, 0.2) is 77.5 Å². The first-order valence-corrected chi connectivity index (χ1v) is 9.94. The minimum Gasteiger partial charge on any atom is -0.439 e. The second-order valence-electron chi connectivity index (χ2n) is 6.09. The molecule has 27 heavy (non-hydrogen) atoms. The Hall–Kier alpha value is -2.57. The Morgan fingerprint density at radius 2 is 1.78 bits per heavy atom. The summed E-state index contributed by atoms with van der Waals surface area (Å²) in [5.74, 6) is 1.48. The molecule has 6 heteroatoms. The molecule has 0 unspecified atom stereocenters. The number of allylic oxidation sites excluding steroid dienone is 2. The molecule has 2 aliphatic heterocycles. The van der Waals surface area contributed by atoms with Gasteiger partial charge >= 0.3 is 0 Å². The fourth-order valence-corrected chi connectivity index (χ4v) is 4.26. The van der Waals surface area contributed by atoms with E-state index in [1.165, 1.54) is 11.8 Å². The van der Waals surface area contributed by atoms with Gasteiger partial charge < -0.3 is 9.64 Å². The highest BCUT2D eigenvalue weighted by molar-refractivity contribution is 8.26. The highest BCUT2D eigenvalue weighted by atomic mass is 32.2. The number of carbonyl (C=O) groups excluding carboxylic acids is 1. The molecule has 0 saturated carbocycles. The van der Waals surface area contributed by atoms with Crippen molar-refractivity contribution in [2.75, 3.05) is 11.4 Å². The lowest BCUT2D eigenvalue weighted by Gasteiger charge is -2.15. The minimum absolute atomic E-state index is 0.0655. The monoisotopic (exact) mass is 394 g/mol. The maximum atomic E-state index is 12.8. The van der Waals surface area contributed by atoms with Crippen LogP contribution in [0.3, 0.4) is 0 Å². The van der Waals surface area contributed by atoms with E-state index in [-0.39, 0.29) is 5.91 Å². The molecular formula is C21H18N2O2S2. The lowest BCUT2D eigenvalue weighted by molar-refractivity contribution is -0.122. The van der Waals surface area contributed by atoms with Crippen molar-refractivity contribution in [3.05, 3.63) is 83.1 Å². The van der Waals surface area contributed by atoms with Gasteiger partial charge in [0.15, 0.2) is 5.75 Å². The Balaban J connectivity index is 1.54. The van der Waals surface area contributed by atoms with Gasteiger partial charge in [-0.15, -0.1) is 0 Å². The first-order chi connectivity index (χ1) is 13.2. The fraction of sp³-hybridized carbons (Fsp3) is 0.143. The van der Waals surface area contributed by atoms with Gasteiger partial charge in [0.1, 0.15) is 4.32 Å². The molecule has 2 aromatic rings. The van der Waals surface area contributed by atoms with Gasteiger partial charge in [-0.2, -0.15) is 0 Å². The summed E-state index contributed by atoms with van der Waals surface area (Å²) in [5.41, 5.74) is 2.09. The van der Waals surface area contributed by atoms with Gasteiger partial charge in [-0.3, -0.25) is 9.69 Å². The molecule has 1 fully saturated rings. The highest BCUT2D eigenvalue weighted by Gasteiger charge is 2.32. The van der Waals surface area contributed by atoms with Crippen LogP contribution >= 0.6 is 24.0 Å². The van der Waals surface area contributed by atoms with Crippen LogP contribution in [0, 0.1) is 0 Å². The molecule has 0 bridgehead atoms. The molecule has 2 aromatic carbocycles. The Morgan fingerprint density at radius 3 is 2.56 bits per heavy atom. The largest absolute Gasteiger partial charge is 0.439 e. The first kappa shape index (κ1) is 17.8. The number of nitrogens with zero attached hydrogens (tertiary/aromatic N) is 2. The van der Waals surface area contributed by atoms with E-state index in [4.69, 9.17) is 17.0 Å². The van der Waals surface area contributed by atoms with Crippen LogP contribution in [0.5, 0.6) is 5.75 Å². The average Bonchev–Trinajstić information content (AvgIpc) is 3.18. The summed E-state index contributed by atoms with van der Waals surface area (Å²) in [4.78, 5) is 17.1. The molecule has 0 atom stereocenters. The standard InChI is InChI=1S/C21H18N2O2S2/c1-2-22-16-10-6-7-11-17(16)25-19(22)13-12-18-20(24)23(21(26)27-18)14-15-8-4-3-5-9-15/h3-13H,2,14H2,1H3. The average molecular weight is 395 g/mol. The molecular weight excluding hydrogens is 376 g/mol. The van der Waals surface area contributed by atoms with E-state index in [2.05, 4.69) is 11.8 Å². The summed E-state index contributed by atoms with van der Waals surface area (Å²) in [7, 11) is 0. The van der Waals surface area contributed by atoms with Crippen LogP contribution in [0.4, 0.5) is 5.69 Å². The number of hydrogen-bond acceptors (Lipinski definition) is 5. The molecule has 136 valence electrons. The Kier molecular flexibility index (Phi) is 5.01. The number of benzene rings is 2. The maximum Gasteiger partial charge on any atom is 0.266 e. The fourth-order valence-electron chi connectivity index (χ4n) is 3.07. The molecule has 0 aromatic heterocycles. The third-order valence-electron chi connectivity index (χ3n) is 4.39. The normalized spacial score (nSPS) is 19.1. The van der Waals surface area contributed by atoms with Crippen molar-refractivity contribution in [1.82, 2.24) is 4.90 Å². The van der Waals surface area contributed by atoms with Gasteiger partial charge in [0.25, 0.3) is 5.91 Å². The number of ether oxygens (including phenoxy) is 1. The summed E-state index contributed by atoms with van der Waals surface area (Å²) in [6, 6.07) is 17.8. The Bertz CT molecular complexity index is 954. The van der Waals surface area contributed by atoms with Crippen LogP contribution in [-0.4, -0.2) is 21.7 Å². The number of carbonyl (C=O) groups is 1. The van der Waals surface area contributed by atoms with Gasteiger partial charge in [0.2, 0.25) is 5.88 Å². The number of rotatable bonds is 4. The third kappa shape index (κ3) is 3.50. The zero-order chi connectivity index (χ0) is 18.8. The first-order valence-electron chi connectivity index (χ1n) is 8.71. The summed E-state index contributed by atoms with van der Waals surface area (Å²) in [5, 5.41) is 0. The molecule has 2 heterocycles. The zero-order valence-corrected chi connectivity index (χ0v) is 16.4. The van der Waals surface area contributed by atoms with Crippen LogP contribution in [-0.2, 0) is 11.3 Å². The number of amides is 1.